The topological polar surface area (TPSA) is 102 Å². The van der Waals surface area contributed by atoms with Crippen molar-refractivity contribution < 1.29 is 26.3 Å². The van der Waals surface area contributed by atoms with Crippen LogP contribution in [0.1, 0.15) is 18.1 Å². The first-order chi connectivity index (χ1) is 14.4. The SMILES string of the molecule is CCS(=O)(=O)c1ccc(C#N)cc1Cn1cnc2c(Br)cc(OC(F)(F)F)cc2c1=O. The summed E-state index contributed by atoms with van der Waals surface area (Å²) < 4.78 is 67.6. The lowest BCUT2D eigenvalue weighted by Gasteiger charge is -2.13. The van der Waals surface area contributed by atoms with E-state index in [1.807, 2.05) is 6.07 Å². The summed E-state index contributed by atoms with van der Waals surface area (Å²) >= 11 is 3.07. The smallest absolute Gasteiger partial charge is 0.406 e. The van der Waals surface area contributed by atoms with Crippen molar-refractivity contribution in [3.63, 3.8) is 0 Å². The molecule has 3 aromatic rings. The third-order valence-corrected chi connectivity index (χ3v) is 6.77. The van der Waals surface area contributed by atoms with Crippen LogP contribution in [-0.4, -0.2) is 30.1 Å². The van der Waals surface area contributed by atoms with Crippen molar-refractivity contribution in [2.24, 2.45) is 0 Å². The van der Waals surface area contributed by atoms with E-state index in [9.17, 15) is 26.4 Å². The van der Waals surface area contributed by atoms with Gasteiger partial charge in [-0.05, 0) is 51.8 Å². The Hall–Kier alpha value is -2.91. The van der Waals surface area contributed by atoms with Crippen molar-refractivity contribution in [3.8, 4) is 11.8 Å². The molecule has 12 heteroatoms. The van der Waals surface area contributed by atoms with Crippen LogP contribution in [0.5, 0.6) is 5.75 Å². The van der Waals surface area contributed by atoms with Gasteiger partial charge in [-0.3, -0.25) is 9.36 Å². The first-order valence-corrected chi connectivity index (χ1v) is 11.1. The van der Waals surface area contributed by atoms with Gasteiger partial charge in [0.15, 0.2) is 9.84 Å². The first-order valence-electron chi connectivity index (χ1n) is 8.65. The molecule has 0 aliphatic heterocycles. The van der Waals surface area contributed by atoms with Gasteiger partial charge in [0, 0.05) is 4.47 Å². The largest absolute Gasteiger partial charge is 0.573 e. The molecule has 0 saturated carbocycles. The van der Waals surface area contributed by atoms with E-state index in [4.69, 9.17) is 5.26 Å². The Labute approximate surface area is 182 Å². The van der Waals surface area contributed by atoms with Crippen molar-refractivity contribution in [2.45, 2.75) is 24.7 Å². The summed E-state index contributed by atoms with van der Waals surface area (Å²) in [6.07, 6.45) is -3.80. The van der Waals surface area contributed by atoms with Crippen LogP contribution in [0.4, 0.5) is 13.2 Å². The maximum absolute atomic E-state index is 12.9. The number of nitriles is 1. The predicted molar refractivity (Wildman–Crippen MR) is 108 cm³/mol. The zero-order chi connectivity index (χ0) is 23.0. The Morgan fingerprint density at radius 2 is 1.97 bits per heavy atom. The number of alkyl halides is 3. The molecule has 0 unspecified atom stereocenters. The van der Waals surface area contributed by atoms with E-state index in [1.165, 1.54) is 25.1 Å². The third-order valence-electron chi connectivity index (χ3n) is 4.33. The van der Waals surface area contributed by atoms with Gasteiger partial charge in [-0.1, -0.05) is 6.92 Å². The Morgan fingerprint density at radius 3 is 2.58 bits per heavy atom. The van der Waals surface area contributed by atoms with Crippen LogP contribution in [0.3, 0.4) is 0 Å². The van der Waals surface area contributed by atoms with Crippen LogP contribution in [0.15, 0.2) is 50.8 Å². The number of nitrogens with zero attached hydrogens (tertiary/aromatic N) is 3. The summed E-state index contributed by atoms with van der Waals surface area (Å²) in [4.78, 5) is 17.0. The van der Waals surface area contributed by atoms with Gasteiger partial charge in [-0.2, -0.15) is 5.26 Å². The van der Waals surface area contributed by atoms with Crippen molar-refractivity contribution >= 4 is 36.7 Å². The highest BCUT2D eigenvalue weighted by Gasteiger charge is 2.31. The zero-order valence-electron chi connectivity index (χ0n) is 15.8. The van der Waals surface area contributed by atoms with Crippen molar-refractivity contribution in [3.05, 3.63) is 62.6 Å². The van der Waals surface area contributed by atoms with Gasteiger partial charge in [-0.15, -0.1) is 13.2 Å². The summed E-state index contributed by atoms with van der Waals surface area (Å²) in [5.41, 5.74) is -0.218. The molecule has 0 atom stereocenters. The van der Waals surface area contributed by atoms with Crippen LogP contribution >= 0.6 is 15.9 Å². The van der Waals surface area contributed by atoms with Gasteiger partial charge < -0.3 is 4.74 Å². The lowest BCUT2D eigenvalue weighted by molar-refractivity contribution is -0.274. The number of hydrogen-bond acceptors (Lipinski definition) is 6. The number of aromatic nitrogens is 2. The van der Waals surface area contributed by atoms with Crippen molar-refractivity contribution in [2.75, 3.05) is 5.75 Å². The average molecular weight is 516 g/mol. The van der Waals surface area contributed by atoms with Gasteiger partial charge >= 0.3 is 6.36 Å². The van der Waals surface area contributed by atoms with E-state index in [0.717, 1.165) is 23.0 Å². The van der Waals surface area contributed by atoms with Gasteiger partial charge in [0.25, 0.3) is 5.56 Å². The fraction of sp³-hybridized carbons (Fsp3) is 0.211. The predicted octanol–water partition coefficient (Wildman–Crippen LogP) is 3.77. The minimum absolute atomic E-state index is 0.0451. The summed E-state index contributed by atoms with van der Waals surface area (Å²) in [6, 6.07) is 7.84. The number of sulfone groups is 1. The highest BCUT2D eigenvalue weighted by atomic mass is 79.9. The maximum atomic E-state index is 12.9. The second-order valence-electron chi connectivity index (χ2n) is 6.36. The second kappa shape index (κ2) is 8.32. The number of fused-ring (bicyclic) bond motifs is 1. The van der Waals surface area contributed by atoms with Gasteiger partial charge in [0.2, 0.25) is 0 Å². The van der Waals surface area contributed by atoms with Crippen LogP contribution in [0, 0.1) is 11.3 Å². The molecule has 162 valence electrons. The molecule has 3 rings (SSSR count). The Bertz CT molecular complexity index is 1380. The average Bonchev–Trinajstić information content (AvgIpc) is 2.69. The maximum Gasteiger partial charge on any atom is 0.573 e. The molecule has 0 spiro atoms. The molecule has 0 amide bonds. The molecule has 0 saturated heterocycles. The number of rotatable bonds is 5. The minimum atomic E-state index is -4.95. The number of hydrogen-bond donors (Lipinski definition) is 0. The summed E-state index contributed by atoms with van der Waals surface area (Å²) in [6.45, 7) is 1.20. The highest BCUT2D eigenvalue weighted by Crippen LogP contribution is 2.30. The number of benzene rings is 2. The molecule has 1 aromatic heterocycles. The Balaban J connectivity index is 2.16. The quantitative estimate of drug-likeness (QED) is 0.512. The summed E-state index contributed by atoms with van der Waals surface area (Å²) in [7, 11) is -3.66. The lowest BCUT2D eigenvalue weighted by atomic mass is 10.1. The summed E-state index contributed by atoms with van der Waals surface area (Å²) in [5.74, 6) is -0.800. The molecule has 0 aliphatic rings. The van der Waals surface area contributed by atoms with Gasteiger partial charge in [0.05, 0.1) is 46.1 Å². The molecule has 0 aliphatic carbocycles. The fourth-order valence-electron chi connectivity index (χ4n) is 2.92. The fourth-order valence-corrected chi connectivity index (χ4v) is 4.57. The molecular weight excluding hydrogens is 503 g/mol. The monoisotopic (exact) mass is 515 g/mol. The Kier molecular flexibility index (Phi) is 6.11. The van der Waals surface area contributed by atoms with Crippen molar-refractivity contribution in [1.82, 2.24) is 9.55 Å². The molecular formula is C19H13BrF3N3O4S. The minimum Gasteiger partial charge on any atom is -0.406 e. The molecule has 0 N–H and O–H groups in total. The highest BCUT2D eigenvalue weighted by molar-refractivity contribution is 9.10. The molecule has 0 bridgehead atoms. The van der Waals surface area contributed by atoms with Gasteiger partial charge in [-0.25, -0.2) is 13.4 Å². The molecule has 2 aromatic carbocycles. The summed E-state index contributed by atoms with van der Waals surface area (Å²) in [5, 5.41) is 8.98. The molecule has 7 nitrogen and oxygen atoms in total. The first kappa shape index (κ1) is 22.8. The third kappa shape index (κ3) is 4.88. The molecule has 0 radical (unpaired) electrons. The van der Waals surface area contributed by atoms with Crippen LogP contribution < -0.4 is 10.3 Å². The van der Waals surface area contributed by atoms with Gasteiger partial charge in [0.1, 0.15) is 5.75 Å². The number of halogens is 4. The van der Waals surface area contributed by atoms with Crippen LogP contribution in [0.2, 0.25) is 0 Å². The Morgan fingerprint density at radius 1 is 1.26 bits per heavy atom. The van der Waals surface area contributed by atoms with Crippen LogP contribution in [-0.2, 0) is 16.4 Å². The van der Waals surface area contributed by atoms with E-state index >= 15 is 0 Å². The molecule has 1 heterocycles. The van der Waals surface area contributed by atoms with E-state index < -0.39 is 27.5 Å². The van der Waals surface area contributed by atoms with Crippen LogP contribution in [0.25, 0.3) is 10.9 Å². The normalized spacial score (nSPS) is 12.0. The standard InChI is InChI=1S/C19H13BrF3N3O4S/c1-2-31(28,29)16-4-3-11(8-24)5-12(16)9-26-10-25-17-14(18(26)27)6-13(7-15(17)20)30-19(21,22)23/h3-7,10H,2,9H2,1H3. The van der Waals surface area contributed by atoms with E-state index in [1.54, 1.807) is 0 Å². The van der Waals surface area contributed by atoms with E-state index in [0.29, 0.717) is 0 Å². The van der Waals surface area contributed by atoms with Crippen molar-refractivity contribution in [1.29, 1.82) is 5.26 Å². The zero-order valence-corrected chi connectivity index (χ0v) is 18.2. The molecule has 0 fully saturated rings. The van der Waals surface area contributed by atoms with E-state index in [-0.39, 0.29) is 43.7 Å². The number of ether oxygens (including phenoxy) is 1. The second-order valence-corrected chi connectivity index (χ2v) is 9.47. The molecule has 31 heavy (non-hydrogen) atoms. The lowest BCUT2D eigenvalue weighted by Crippen LogP contribution is -2.23. The van der Waals surface area contributed by atoms with E-state index in [2.05, 4.69) is 25.7 Å².